The molecule has 1 spiro atoms. The van der Waals surface area contributed by atoms with Crippen LogP contribution in [-0.4, -0.2) is 47.7 Å². The van der Waals surface area contributed by atoms with Crippen molar-refractivity contribution >= 4 is 5.91 Å². The number of benzene rings is 1. The van der Waals surface area contributed by atoms with Gasteiger partial charge in [0.2, 0.25) is 5.91 Å². The number of aliphatic hydroxyl groups is 1. The van der Waals surface area contributed by atoms with Crippen molar-refractivity contribution in [3.8, 4) is 0 Å². The number of alkyl halides is 5. The lowest BCUT2D eigenvalue weighted by Gasteiger charge is -2.57. The molecule has 42 heavy (non-hydrogen) atoms. The number of allylic oxidation sites excluding steroid dienone is 2. The third-order valence-electron chi connectivity index (χ3n) is 11.4. The molecular formula is C32H40F5NO4. The zero-order valence-corrected chi connectivity index (χ0v) is 24.3. The fraction of sp³-hybridized carbons (Fsp3) is 0.719. The van der Waals surface area contributed by atoms with Crippen LogP contribution < -0.4 is 5.73 Å². The van der Waals surface area contributed by atoms with E-state index in [0.29, 0.717) is 38.9 Å². The van der Waals surface area contributed by atoms with Gasteiger partial charge in [0.15, 0.2) is 5.79 Å². The number of carbonyl (C=O) groups is 1. The van der Waals surface area contributed by atoms with E-state index in [0.717, 1.165) is 17.6 Å². The summed E-state index contributed by atoms with van der Waals surface area (Å²) in [6.07, 6.45) is -3.02. The number of halogens is 5. The Morgan fingerprint density at radius 3 is 2.19 bits per heavy atom. The predicted molar refractivity (Wildman–Crippen MR) is 145 cm³/mol. The number of primary amides is 1. The third kappa shape index (κ3) is 4.29. The maximum atomic E-state index is 15.2. The van der Waals surface area contributed by atoms with E-state index in [1.54, 1.807) is 24.3 Å². The molecular weight excluding hydrogens is 557 g/mol. The van der Waals surface area contributed by atoms with Crippen molar-refractivity contribution in [2.45, 2.75) is 102 Å². The lowest BCUT2D eigenvalue weighted by molar-refractivity contribution is -0.362. The first kappa shape index (κ1) is 30.0. The highest BCUT2D eigenvalue weighted by Gasteiger charge is 2.79. The molecule has 1 aromatic carbocycles. The van der Waals surface area contributed by atoms with Gasteiger partial charge in [0.1, 0.15) is 5.60 Å². The fourth-order valence-corrected chi connectivity index (χ4v) is 9.16. The second kappa shape index (κ2) is 9.48. The van der Waals surface area contributed by atoms with Crippen LogP contribution in [0.1, 0.15) is 94.0 Å². The molecule has 1 amide bonds. The van der Waals surface area contributed by atoms with Crippen LogP contribution in [0.25, 0.3) is 0 Å². The Morgan fingerprint density at radius 2 is 1.60 bits per heavy atom. The maximum absolute atomic E-state index is 15.2. The average molecular weight is 598 g/mol. The smallest absolute Gasteiger partial charge is 0.383 e. The monoisotopic (exact) mass is 597 g/mol. The molecule has 4 fully saturated rings. The molecule has 10 heteroatoms. The van der Waals surface area contributed by atoms with Crippen molar-refractivity contribution in [2.24, 2.45) is 34.3 Å². The number of hydrogen-bond acceptors (Lipinski definition) is 4. The van der Waals surface area contributed by atoms with Gasteiger partial charge in [0.25, 0.3) is 0 Å². The molecule has 0 bridgehead atoms. The molecule has 232 valence electrons. The van der Waals surface area contributed by atoms with E-state index in [1.165, 1.54) is 12.5 Å². The number of amides is 1. The van der Waals surface area contributed by atoms with Gasteiger partial charge in [-0.1, -0.05) is 44.1 Å². The summed E-state index contributed by atoms with van der Waals surface area (Å²) in [5.74, 6) is -7.61. The van der Waals surface area contributed by atoms with E-state index in [1.807, 2.05) is 0 Å². The van der Waals surface area contributed by atoms with Gasteiger partial charge < -0.3 is 20.3 Å². The van der Waals surface area contributed by atoms with Crippen molar-refractivity contribution in [2.75, 3.05) is 13.2 Å². The summed E-state index contributed by atoms with van der Waals surface area (Å²) in [6, 6.07) is 6.58. The summed E-state index contributed by atoms with van der Waals surface area (Å²) in [5, 5.41) is 11.4. The van der Waals surface area contributed by atoms with E-state index in [-0.39, 0.29) is 35.7 Å². The fourth-order valence-electron chi connectivity index (χ4n) is 9.16. The van der Waals surface area contributed by atoms with Crippen LogP contribution in [0.3, 0.4) is 0 Å². The summed E-state index contributed by atoms with van der Waals surface area (Å²) in [4.78, 5) is 11.7. The summed E-state index contributed by atoms with van der Waals surface area (Å²) < 4.78 is 84.4. The zero-order chi connectivity index (χ0) is 30.5. The van der Waals surface area contributed by atoms with Crippen LogP contribution in [0.4, 0.5) is 22.0 Å². The normalized spacial score (nSPS) is 37.6. The first-order valence-electron chi connectivity index (χ1n) is 15.0. The predicted octanol–water partition coefficient (Wildman–Crippen LogP) is 6.89. The number of nitrogens with two attached hydrogens (primary N) is 1. The highest BCUT2D eigenvalue weighted by Crippen LogP contribution is 2.71. The van der Waals surface area contributed by atoms with Crippen LogP contribution in [0.15, 0.2) is 35.4 Å². The van der Waals surface area contributed by atoms with Crippen molar-refractivity contribution in [3.63, 3.8) is 0 Å². The van der Waals surface area contributed by atoms with Gasteiger partial charge in [-0.3, -0.25) is 4.79 Å². The molecule has 4 aliphatic carbocycles. The van der Waals surface area contributed by atoms with Gasteiger partial charge in [-0.25, -0.2) is 0 Å². The van der Waals surface area contributed by atoms with Gasteiger partial charge >= 0.3 is 12.1 Å². The number of carbonyl (C=O) groups excluding carboxylic acids is 1. The summed E-state index contributed by atoms with van der Waals surface area (Å²) in [6.45, 7) is 6.81. The molecule has 0 aromatic heterocycles. The lowest BCUT2D eigenvalue weighted by atomic mass is 9.49. The van der Waals surface area contributed by atoms with E-state index in [2.05, 4.69) is 13.8 Å². The summed E-state index contributed by atoms with van der Waals surface area (Å²) in [5.41, 5.74) is 3.82. The highest BCUT2D eigenvalue weighted by atomic mass is 19.4. The molecule has 3 unspecified atom stereocenters. The Labute approximate surface area is 243 Å². The quantitative estimate of drug-likeness (QED) is 0.294. The largest absolute Gasteiger partial charge is 0.456 e. The van der Waals surface area contributed by atoms with Crippen molar-refractivity contribution < 1.29 is 41.3 Å². The van der Waals surface area contributed by atoms with Crippen LogP contribution in [0, 0.1) is 28.6 Å². The van der Waals surface area contributed by atoms with Crippen molar-refractivity contribution in [1.29, 1.82) is 0 Å². The summed E-state index contributed by atoms with van der Waals surface area (Å²) >= 11 is 0. The van der Waals surface area contributed by atoms with Crippen LogP contribution >= 0.6 is 0 Å². The zero-order valence-electron chi connectivity index (χ0n) is 24.3. The minimum absolute atomic E-state index is 0.0514. The number of ether oxygens (including phenoxy) is 2. The average Bonchev–Trinajstić information content (AvgIpc) is 3.21. The third-order valence-corrected chi connectivity index (χ3v) is 11.4. The van der Waals surface area contributed by atoms with Gasteiger partial charge in [-0.05, 0) is 74.0 Å². The number of hydrogen-bond donors (Lipinski definition) is 2. The van der Waals surface area contributed by atoms with Crippen molar-refractivity contribution in [1.82, 2.24) is 0 Å². The molecule has 6 rings (SSSR count). The second-order valence-corrected chi connectivity index (χ2v) is 14.5. The summed E-state index contributed by atoms with van der Waals surface area (Å²) in [7, 11) is 0. The number of fused-ring (bicyclic) bond motifs is 4. The van der Waals surface area contributed by atoms with Crippen LogP contribution in [0.5, 0.6) is 0 Å². The van der Waals surface area contributed by atoms with Gasteiger partial charge in [-0.15, -0.1) is 0 Å². The van der Waals surface area contributed by atoms with E-state index in [4.69, 9.17) is 15.2 Å². The Bertz CT molecular complexity index is 1280. The topological polar surface area (TPSA) is 81.8 Å². The van der Waals surface area contributed by atoms with Crippen LogP contribution in [0.2, 0.25) is 0 Å². The van der Waals surface area contributed by atoms with E-state index in [9.17, 15) is 23.1 Å². The van der Waals surface area contributed by atoms with E-state index < -0.39 is 53.1 Å². The molecule has 5 nitrogen and oxygen atoms in total. The Hall–Kier alpha value is -2.04. The Morgan fingerprint density at radius 1 is 0.952 bits per heavy atom. The molecule has 1 aliphatic heterocycles. The molecule has 1 saturated heterocycles. The SMILES string of the molecule is CC1(C)COC2(CCC3=C4C(CCC3C2)C2CC[C@@](O)(C(F)(F)C(F)(F)F)[C@@]2(C)C[C@@H]4c2ccc(C(N)=O)cc2)OC1. The van der Waals surface area contributed by atoms with Crippen molar-refractivity contribution in [3.05, 3.63) is 46.5 Å². The standard InChI is InChI=1S/C32H40F5NO4/c1-27(2)16-41-29(42-17-27)12-10-21-20(14-29)8-9-22-24-11-13-30(40,31(33,34)32(35,36)37)28(24,3)15-23(25(21)22)18-4-6-19(7-5-18)26(38)39/h4-7,20,22-24,40H,8-17H2,1-3H3,(H2,38,39)/t20?,22?,23-,24?,28+,30+/m1/s1. The second-order valence-electron chi connectivity index (χ2n) is 14.5. The minimum Gasteiger partial charge on any atom is -0.383 e. The first-order chi connectivity index (χ1) is 19.4. The molecule has 3 saturated carbocycles. The Kier molecular flexibility index (Phi) is 6.77. The molecule has 0 radical (unpaired) electrons. The lowest BCUT2D eigenvalue weighted by Crippen LogP contribution is -2.65. The van der Waals surface area contributed by atoms with E-state index >= 15 is 8.78 Å². The highest BCUT2D eigenvalue weighted by molar-refractivity contribution is 5.92. The number of rotatable bonds is 3. The molecule has 5 aliphatic rings. The maximum Gasteiger partial charge on any atom is 0.456 e. The van der Waals surface area contributed by atoms with Gasteiger partial charge in [0, 0.05) is 35.2 Å². The molecule has 1 heterocycles. The minimum atomic E-state index is -5.87. The van der Waals surface area contributed by atoms with Gasteiger partial charge in [-0.2, -0.15) is 22.0 Å². The molecule has 3 N–H and O–H groups in total. The molecule has 1 aromatic rings. The van der Waals surface area contributed by atoms with Gasteiger partial charge in [0.05, 0.1) is 13.2 Å². The first-order valence-corrected chi connectivity index (χ1v) is 15.0. The van der Waals surface area contributed by atoms with Crippen LogP contribution in [-0.2, 0) is 9.47 Å². The molecule has 6 atom stereocenters. The Balaban J connectivity index is 1.43.